The van der Waals surface area contributed by atoms with E-state index in [0.717, 1.165) is 43.3 Å². The minimum absolute atomic E-state index is 0.494. The topological polar surface area (TPSA) is 58.1 Å². The third-order valence-electron chi connectivity index (χ3n) is 5.05. The molecular formula is C20H31ClN4O2. The van der Waals surface area contributed by atoms with Crippen LogP contribution in [0.1, 0.15) is 31.7 Å². The van der Waals surface area contributed by atoms with Gasteiger partial charge in [-0.15, -0.1) is 0 Å². The quantitative estimate of drug-likeness (QED) is 0.574. The molecule has 7 heteroatoms. The monoisotopic (exact) mass is 394 g/mol. The number of hydrogen-bond acceptors (Lipinski definition) is 4. The zero-order chi connectivity index (χ0) is 19.1. The number of hydrogen-bond donors (Lipinski definition) is 2. The Bertz CT molecular complexity index is 645. The fourth-order valence-electron chi connectivity index (χ4n) is 3.64. The number of ether oxygens (including phenoxy) is 2. The SMILES string of the molecule is CCCN1CCC(NC(=NC)NCCc2cc(Cl)c3c(c2)OCCO3)CC1. The van der Waals surface area contributed by atoms with Crippen LogP contribution in [-0.2, 0) is 6.42 Å². The van der Waals surface area contributed by atoms with E-state index in [-0.39, 0.29) is 0 Å². The summed E-state index contributed by atoms with van der Waals surface area (Å²) in [6.45, 7) is 7.68. The highest BCUT2D eigenvalue weighted by atomic mass is 35.5. The first kappa shape index (κ1) is 20.1. The third kappa shape index (κ3) is 5.66. The highest BCUT2D eigenvalue weighted by Crippen LogP contribution is 2.38. The molecule has 0 unspecified atom stereocenters. The predicted molar refractivity (Wildman–Crippen MR) is 110 cm³/mol. The van der Waals surface area contributed by atoms with Gasteiger partial charge in [0.2, 0.25) is 0 Å². The average molecular weight is 395 g/mol. The number of fused-ring (bicyclic) bond motifs is 1. The molecule has 0 saturated carbocycles. The lowest BCUT2D eigenvalue weighted by atomic mass is 10.1. The van der Waals surface area contributed by atoms with Gasteiger partial charge in [-0.2, -0.15) is 0 Å². The van der Waals surface area contributed by atoms with Gasteiger partial charge in [-0.3, -0.25) is 4.99 Å². The van der Waals surface area contributed by atoms with Gasteiger partial charge < -0.3 is 25.0 Å². The number of nitrogens with one attached hydrogen (secondary N) is 2. The van der Waals surface area contributed by atoms with Crippen molar-refractivity contribution in [3.05, 3.63) is 22.7 Å². The van der Waals surface area contributed by atoms with Crippen LogP contribution in [-0.4, -0.2) is 63.3 Å². The van der Waals surface area contributed by atoms with Crippen molar-refractivity contribution in [1.82, 2.24) is 15.5 Å². The van der Waals surface area contributed by atoms with Crippen molar-refractivity contribution in [3.8, 4) is 11.5 Å². The molecule has 0 amide bonds. The number of nitrogens with zero attached hydrogens (tertiary/aromatic N) is 2. The molecule has 0 atom stereocenters. The number of piperidine rings is 1. The summed E-state index contributed by atoms with van der Waals surface area (Å²) in [6, 6.07) is 4.46. The van der Waals surface area contributed by atoms with E-state index in [1.807, 2.05) is 19.2 Å². The Labute approximate surface area is 167 Å². The van der Waals surface area contributed by atoms with Crippen LogP contribution in [0.15, 0.2) is 17.1 Å². The van der Waals surface area contributed by atoms with Gasteiger partial charge in [0.1, 0.15) is 13.2 Å². The Kier molecular flexibility index (Phi) is 7.47. The van der Waals surface area contributed by atoms with Gasteiger partial charge in [-0.1, -0.05) is 18.5 Å². The summed E-state index contributed by atoms with van der Waals surface area (Å²) in [6.07, 6.45) is 4.40. The molecule has 1 aromatic rings. The van der Waals surface area contributed by atoms with E-state index in [4.69, 9.17) is 21.1 Å². The molecule has 0 bridgehead atoms. The van der Waals surface area contributed by atoms with Crippen molar-refractivity contribution in [3.63, 3.8) is 0 Å². The van der Waals surface area contributed by atoms with Gasteiger partial charge in [-0.05, 0) is 49.9 Å². The maximum Gasteiger partial charge on any atom is 0.191 e. The molecule has 0 aromatic heterocycles. The fourth-order valence-corrected chi connectivity index (χ4v) is 3.93. The number of aliphatic imine (C=N–C) groups is 1. The van der Waals surface area contributed by atoms with Crippen LogP contribution in [0.4, 0.5) is 0 Å². The maximum atomic E-state index is 6.31. The molecule has 2 aliphatic rings. The zero-order valence-corrected chi connectivity index (χ0v) is 17.1. The average Bonchev–Trinajstić information content (AvgIpc) is 2.69. The second-order valence-corrected chi connectivity index (χ2v) is 7.52. The first-order chi connectivity index (χ1) is 13.2. The molecule has 0 spiro atoms. The lowest BCUT2D eigenvalue weighted by Gasteiger charge is -2.32. The first-order valence-electron chi connectivity index (χ1n) is 9.97. The summed E-state index contributed by atoms with van der Waals surface area (Å²) >= 11 is 6.31. The van der Waals surface area contributed by atoms with Gasteiger partial charge in [-0.25, -0.2) is 0 Å². The highest BCUT2D eigenvalue weighted by Gasteiger charge is 2.19. The van der Waals surface area contributed by atoms with E-state index < -0.39 is 0 Å². The molecule has 0 radical (unpaired) electrons. The highest BCUT2D eigenvalue weighted by molar-refractivity contribution is 6.32. The molecular weight excluding hydrogens is 364 g/mol. The van der Waals surface area contributed by atoms with E-state index in [2.05, 4.69) is 27.4 Å². The van der Waals surface area contributed by atoms with E-state index in [1.54, 1.807) is 0 Å². The summed E-state index contributed by atoms with van der Waals surface area (Å²) < 4.78 is 11.2. The Morgan fingerprint density at radius 2 is 2.04 bits per heavy atom. The third-order valence-corrected chi connectivity index (χ3v) is 5.34. The molecule has 2 N–H and O–H groups in total. The number of likely N-dealkylation sites (tertiary alicyclic amines) is 1. The largest absolute Gasteiger partial charge is 0.486 e. The van der Waals surface area contributed by atoms with Crippen molar-refractivity contribution in [2.24, 2.45) is 4.99 Å². The van der Waals surface area contributed by atoms with Crippen LogP contribution >= 0.6 is 11.6 Å². The van der Waals surface area contributed by atoms with E-state index in [1.165, 1.54) is 25.8 Å². The van der Waals surface area contributed by atoms with Crippen molar-refractivity contribution < 1.29 is 9.47 Å². The standard InChI is InChI=1S/C20H31ClN4O2/c1-3-8-25-9-5-16(6-10-25)24-20(22-2)23-7-4-15-13-17(21)19-18(14-15)26-11-12-27-19/h13-14,16H,3-12H2,1-2H3,(H2,22,23,24). The minimum atomic E-state index is 0.494. The van der Waals surface area contributed by atoms with Gasteiger partial charge in [0.05, 0.1) is 5.02 Å². The van der Waals surface area contributed by atoms with Gasteiger partial charge in [0.15, 0.2) is 17.5 Å². The lowest BCUT2D eigenvalue weighted by Crippen LogP contribution is -2.49. The Morgan fingerprint density at radius 3 is 2.78 bits per heavy atom. The molecule has 0 aliphatic carbocycles. The summed E-state index contributed by atoms with van der Waals surface area (Å²) in [4.78, 5) is 6.91. The van der Waals surface area contributed by atoms with Crippen LogP contribution < -0.4 is 20.1 Å². The van der Waals surface area contributed by atoms with Crippen LogP contribution in [0.3, 0.4) is 0 Å². The van der Waals surface area contributed by atoms with Crippen LogP contribution in [0, 0.1) is 0 Å². The first-order valence-corrected chi connectivity index (χ1v) is 10.3. The second-order valence-electron chi connectivity index (χ2n) is 7.11. The maximum absolute atomic E-state index is 6.31. The molecule has 2 heterocycles. The van der Waals surface area contributed by atoms with Crippen LogP contribution in [0.2, 0.25) is 5.02 Å². The zero-order valence-electron chi connectivity index (χ0n) is 16.4. The Hall–Kier alpha value is -1.66. The molecule has 1 saturated heterocycles. The second kappa shape index (κ2) is 10.0. The lowest BCUT2D eigenvalue weighted by molar-refractivity contribution is 0.171. The summed E-state index contributed by atoms with van der Waals surface area (Å²) in [5.41, 5.74) is 1.13. The molecule has 150 valence electrons. The Balaban J connectivity index is 1.44. The number of rotatable bonds is 6. The summed E-state index contributed by atoms with van der Waals surface area (Å²) in [5, 5.41) is 7.58. The van der Waals surface area contributed by atoms with Crippen molar-refractivity contribution in [1.29, 1.82) is 0 Å². The molecule has 1 aromatic carbocycles. The van der Waals surface area contributed by atoms with Crippen molar-refractivity contribution in [2.45, 2.75) is 38.6 Å². The van der Waals surface area contributed by atoms with Gasteiger partial charge in [0.25, 0.3) is 0 Å². The smallest absolute Gasteiger partial charge is 0.191 e. The number of guanidine groups is 1. The number of halogens is 1. The van der Waals surface area contributed by atoms with E-state index >= 15 is 0 Å². The predicted octanol–water partition coefficient (Wildman–Crippen LogP) is 2.69. The van der Waals surface area contributed by atoms with Crippen LogP contribution in [0.5, 0.6) is 11.5 Å². The molecule has 3 rings (SSSR count). The summed E-state index contributed by atoms with van der Waals surface area (Å²) in [5.74, 6) is 2.27. The Morgan fingerprint density at radius 1 is 1.26 bits per heavy atom. The molecule has 2 aliphatic heterocycles. The summed E-state index contributed by atoms with van der Waals surface area (Å²) in [7, 11) is 1.82. The van der Waals surface area contributed by atoms with Crippen molar-refractivity contribution >= 4 is 17.6 Å². The van der Waals surface area contributed by atoms with Gasteiger partial charge in [0, 0.05) is 32.7 Å². The molecule has 1 fully saturated rings. The number of benzene rings is 1. The van der Waals surface area contributed by atoms with Gasteiger partial charge >= 0.3 is 0 Å². The van der Waals surface area contributed by atoms with E-state index in [9.17, 15) is 0 Å². The normalized spacial score (nSPS) is 18.4. The molecule has 27 heavy (non-hydrogen) atoms. The van der Waals surface area contributed by atoms with Crippen LogP contribution in [0.25, 0.3) is 0 Å². The fraction of sp³-hybridized carbons (Fsp3) is 0.650. The van der Waals surface area contributed by atoms with E-state index in [0.29, 0.717) is 30.0 Å². The minimum Gasteiger partial charge on any atom is -0.486 e. The van der Waals surface area contributed by atoms with Crippen molar-refractivity contribution in [2.75, 3.05) is 46.4 Å². The molecule has 6 nitrogen and oxygen atoms in total.